The summed E-state index contributed by atoms with van der Waals surface area (Å²) in [5.41, 5.74) is 4.20. The van der Waals surface area contributed by atoms with Gasteiger partial charge >= 0.3 is 0 Å². The van der Waals surface area contributed by atoms with Crippen LogP contribution in [0.5, 0.6) is 5.75 Å². The molecular weight excluding hydrogens is 430 g/mol. The van der Waals surface area contributed by atoms with Gasteiger partial charge in [0.1, 0.15) is 5.75 Å². The number of aliphatic hydroxyl groups excluding tert-OH is 3. The molecule has 0 fully saturated rings. The van der Waals surface area contributed by atoms with Crippen LogP contribution in [0.4, 0.5) is 0 Å². The number of aliphatic hydroxyl groups is 3. The fraction of sp³-hybridized carbons (Fsp3) is 0.370. The monoisotopic (exact) mass is 465 g/mol. The lowest BCUT2D eigenvalue weighted by Crippen LogP contribution is -2.36. The predicted octanol–water partition coefficient (Wildman–Crippen LogP) is 2.85. The van der Waals surface area contributed by atoms with Gasteiger partial charge in [0, 0.05) is 31.5 Å². The Morgan fingerprint density at radius 2 is 1.50 bits per heavy atom. The van der Waals surface area contributed by atoms with E-state index in [0.717, 1.165) is 28.0 Å². The summed E-state index contributed by atoms with van der Waals surface area (Å²) in [6, 6.07) is 19.8. The minimum atomic E-state index is -0.326. The lowest BCUT2D eigenvalue weighted by Gasteiger charge is -2.31. The number of methoxy groups -OCH3 is 1. The standard InChI is InChI=1S/C27H35N3O4/c1-20(21-10-12-28-13-11-21)29-27(22-6-8-25(34-2)9-7-22)24-5-3-4-23(18-24)26(19-33)30(14-16-31)15-17-32/h3-13,18,20,26-27,29,31-33H,14-17,19H2,1-2H3. The minimum Gasteiger partial charge on any atom is -0.497 e. The van der Waals surface area contributed by atoms with E-state index in [-0.39, 0.29) is 37.9 Å². The second-order valence-electron chi connectivity index (χ2n) is 8.23. The lowest BCUT2D eigenvalue weighted by atomic mass is 9.93. The van der Waals surface area contributed by atoms with Crippen molar-refractivity contribution in [2.45, 2.75) is 25.0 Å². The summed E-state index contributed by atoms with van der Waals surface area (Å²) < 4.78 is 5.34. The van der Waals surface area contributed by atoms with E-state index in [4.69, 9.17) is 4.74 Å². The summed E-state index contributed by atoms with van der Waals surface area (Å²) in [7, 11) is 1.65. The molecule has 1 heterocycles. The second kappa shape index (κ2) is 13.2. The van der Waals surface area contributed by atoms with Crippen molar-refractivity contribution in [2.75, 3.05) is 40.0 Å². The van der Waals surface area contributed by atoms with E-state index in [9.17, 15) is 15.3 Å². The number of nitrogens with zero attached hydrogens (tertiary/aromatic N) is 2. The molecule has 1 aromatic heterocycles. The maximum absolute atomic E-state index is 10.2. The average molecular weight is 466 g/mol. The number of nitrogens with one attached hydrogen (secondary N) is 1. The molecular formula is C27H35N3O4. The molecule has 7 heteroatoms. The Morgan fingerprint density at radius 3 is 2.09 bits per heavy atom. The summed E-state index contributed by atoms with van der Waals surface area (Å²) >= 11 is 0. The van der Waals surface area contributed by atoms with Gasteiger partial charge in [0.25, 0.3) is 0 Å². The van der Waals surface area contributed by atoms with Gasteiger partial charge in [-0.3, -0.25) is 15.2 Å². The molecule has 3 rings (SSSR count). The highest BCUT2D eigenvalue weighted by atomic mass is 16.5. The van der Waals surface area contributed by atoms with E-state index in [1.165, 1.54) is 0 Å². The van der Waals surface area contributed by atoms with E-state index >= 15 is 0 Å². The number of ether oxygens (including phenoxy) is 1. The molecule has 0 amide bonds. The molecule has 0 aliphatic carbocycles. The first-order valence-corrected chi connectivity index (χ1v) is 11.6. The Hall–Kier alpha value is -2.81. The number of benzene rings is 2. The fourth-order valence-electron chi connectivity index (χ4n) is 4.24. The zero-order valence-electron chi connectivity index (χ0n) is 19.8. The van der Waals surface area contributed by atoms with Crippen molar-refractivity contribution in [3.05, 3.63) is 95.3 Å². The first kappa shape index (κ1) is 25.8. The fourth-order valence-corrected chi connectivity index (χ4v) is 4.24. The summed E-state index contributed by atoms with van der Waals surface area (Å²) in [4.78, 5) is 6.02. The van der Waals surface area contributed by atoms with Crippen molar-refractivity contribution in [3.63, 3.8) is 0 Å². The Labute approximate surface area is 201 Å². The van der Waals surface area contributed by atoms with Crippen LogP contribution in [0, 0.1) is 0 Å². The van der Waals surface area contributed by atoms with Gasteiger partial charge in [0.05, 0.1) is 39.0 Å². The third-order valence-electron chi connectivity index (χ3n) is 6.09. The van der Waals surface area contributed by atoms with E-state index in [1.807, 2.05) is 41.3 Å². The van der Waals surface area contributed by atoms with Gasteiger partial charge < -0.3 is 20.1 Å². The highest BCUT2D eigenvalue weighted by molar-refractivity contribution is 5.38. The normalized spacial score (nSPS) is 14.1. The van der Waals surface area contributed by atoms with Gasteiger partial charge in [-0.2, -0.15) is 0 Å². The van der Waals surface area contributed by atoms with Crippen LogP contribution < -0.4 is 10.1 Å². The SMILES string of the molecule is COc1ccc(C(NC(C)c2ccncc2)c2cccc(C(CO)N(CCO)CCO)c2)cc1. The van der Waals surface area contributed by atoms with Gasteiger partial charge in [-0.15, -0.1) is 0 Å². The molecule has 0 bridgehead atoms. The summed E-state index contributed by atoms with van der Waals surface area (Å²) in [5, 5.41) is 32.8. The van der Waals surface area contributed by atoms with Crippen LogP contribution in [-0.2, 0) is 0 Å². The molecule has 0 saturated carbocycles. The molecule has 0 aliphatic heterocycles. The van der Waals surface area contributed by atoms with Crippen molar-refractivity contribution >= 4 is 0 Å². The maximum atomic E-state index is 10.2. The highest BCUT2D eigenvalue weighted by Crippen LogP contribution is 2.30. The quantitative estimate of drug-likeness (QED) is 0.308. The molecule has 4 N–H and O–H groups in total. The molecule has 2 aromatic carbocycles. The largest absolute Gasteiger partial charge is 0.497 e. The van der Waals surface area contributed by atoms with Crippen LogP contribution in [0.3, 0.4) is 0 Å². The van der Waals surface area contributed by atoms with Crippen LogP contribution in [0.1, 0.15) is 47.3 Å². The Balaban J connectivity index is 1.97. The van der Waals surface area contributed by atoms with E-state index in [0.29, 0.717) is 13.1 Å². The van der Waals surface area contributed by atoms with E-state index < -0.39 is 0 Å². The zero-order valence-corrected chi connectivity index (χ0v) is 19.8. The molecule has 3 aromatic rings. The predicted molar refractivity (Wildman–Crippen MR) is 133 cm³/mol. The van der Waals surface area contributed by atoms with Gasteiger partial charge in [0.15, 0.2) is 0 Å². The van der Waals surface area contributed by atoms with Crippen LogP contribution in [0.15, 0.2) is 73.1 Å². The average Bonchev–Trinajstić information content (AvgIpc) is 2.88. The Morgan fingerprint density at radius 1 is 0.853 bits per heavy atom. The summed E-state index contributed by atoms with van der Waals surface area (Å²) in [5.74, 6) is 0.794. The molecule has 182 valence electrons. The molecule has 0 saturated heterocycles. The van der Waals surface area contributed by atoms with Crippen LogP contribution >= 0.6 is 0 Å². The molecule has 3 atom stereocenters. The Bertz CT molecular complexity index is 979. The smallest absolute Gasteiger partial charge is 0.118 e. The van der Waals surface area contributed by atoms with Gasteiger partial charge in [0.2, 0.25) is 0 Å². The number of hydrogen-bond acceptors (Lipinski definition) is 7. The van der Waals surface area contributed by atoms with Crippen LogP contribution in [-0.4, -0.2) is 65.2 Å². The van der Waals surface area contributed by atoms with Crippen LogP contribution in [0.2, 0.25) is 0 Å². The lowest BCUT2D eigenvalue weighted by molar-refractivity contribution is 0.0839. The van der Waals surface area contributed by atoms with Gasteiger partial charge in [-0.05, 0) is 53.4 Å². The third kappa shape index (κ3) is 6.62. The first-order valence-electron chi connectivity index (χ1n) is 11.6. The van der Waals surface area contributed by atoms with Crippen molar-refractivity contribution in [1.29, 1.82) is 0 Å². The highest BCUT2D eigenvalue weighted by Gasteiger charge is 2.22. The van der Waals surface area contributed by atoms with Crippen LogP contribution in [0.25, 0.3) is 0 Å². The van der Waals surface area contributed by atoms with E-state index in [2.05, 4.69) is 41.5 Å². The minimum absolute atomic E-state index is 0.0460. The van der Waals surface area contributed by atoms with Gasteiger partial charge in [-0.25, -0.2) is 0 Å². The third-order valence-corrected chi connectivity index (χ3v) is 6.09. The number of aromatic nitrogens is 1. The van der Waals surface area contributed by atoms with Gasteiger partial charge in [-0.1, -0.05) is 36.4 Å². The molecule has 7 nitrogen and oxygen atoms in total. The second-order valence-corrected chi connectivity index (χ2v) is 8.23. The number of pyridine rings is 1. The number of rotatable bonds is 13. The summed E-state index contributed by atoms with van der Waals surface area (Å²) in [6.07, 6.45) is 3.58. The topological polar surface area (TPSA) is 98.1 Å². The van der Waals surface area contributed by atoms with Crippen molar-refractivity contribution < 1.29 is 20.1 Å². The number of hydrogen-bond donors (Lipinski definition) is 4. The molecule has 0 aliphatic rings. The molecule has 0 radical (unpaired) electrons. The van der Waals surface area contributed by atoms with Crippen molar-refractivity contribution in [1.82, 2.24) is 15.2 Å². The van der Waals surface area contributed by atoms with E-state index in [1.54, 1.807) is 19.5 Å². The first-order chi connectivity index (χ1) is 16.6. The Kier molecular flexibility index (Phi) is 10.00. The van der Waals surface area contributed by atoms with Crippen molar-refractivity contribution in [3.8, 4) is 5.75 Å². The zero-order chi connectivity index (χ0) is 24.3. The van der Waals surface area contributed by atoms with Crippen molar-refractivity contribution in [2.24, 2.45) is 0 Å². The molecule has 34 heavy (non-hydrogen) atoms. The maximum Gasteiger partial charge on any atom is 0.118 e. The summed E-state index contributed by atoms with van der Waals surface area (Å²) in [6.45, 7) is 2.66. The molecule has 3 unspecified atom stereocenters. The molecule has 0 spiro atoms.